The molecule has 0 spiro atoms. The molecule has 1 aromatic heterocycles. The van der Waals surface area contributed by atoms with Gasteiger partial charge in [0.1, 0.15) is 5.82 Å². The highest BCUT2D eigenvalue weighted by atomic mass is 35.5. The van der Waals surface area contributed by atoms with E-state index < -0.39 is 0 Å². The Labute approximate surface area is 96.1 Å². The third-order valence-corrected chi connectivity index (χ3v) is 2.18. The SMILES string of the molecule is CC1(C)CNc2c(N)cnn2C1.Cl.Cl. The molecule has 3 N–H and O–H groups in total. The number of nitrogens with one attached hydrogen (secondary N) is 1. The van der Waals surface area contributed by atoms with Gasteiger partial charge in [0.15, 0.2) is 0 Å². The van der Waals surface area contributed by atoms with Crippen LogP contribution in [0.3, 0.4) is 0 Å². The van der Waals surface area contributed by atoms with Gasteiger partial charge in [-0.3, -0.25) is 0 Å². The van der Waals surface area contributed by atoms with Crippen molar-refractivity contribution in [1.29, 1.82) is 0 Å². The zero-order chi connectivity index (χ0) is 8.77. The Morgan fingerprint density at radius 2 is 2.14 bits per heavy atom. The van der Waals surface area contributed by atoms with Crippen LogP contribution in [0.25, 0.3) is 0 Å². The van der Waals surface area contributed by atoms with Gasteiger partial charge in [-0.15, -0.1) is 24.8 Å². The standard InChI is InChI=1S/C8H14N4.2ClH/c1-8(2)4-10-7-6(9)3-11-12(7)5-8;;/h3,10H,4-5,9H2,1-2H3;2*1H. The summed E-state index contributed by atoms with van der Waals surface area (Å²) in [5.41, 5.74) is 6.71. The molecule has 0 fully saturated rings. The quantitative estimate of drug-likeness (QED) is 0.725. The molecule has 0 bridgehead atoms. The highest BCUT2D eigenvalue weighted by molar-refractivity contribution is 5.85. The molecule has 82 valence electrons. The summed E-state index contributed by atoms with van der Waals surface area (Å²) in [6.07, 6.45) is 1.70. The Kier molecular flexibility index (Phi) is 4.09. The smallest absolute Gasteiger partial charge is 0.147 e. The van der Waals surface area contributed by atoms with E-state index >= 15 is 0 Å². The first-order chi connectivity index (χ1) is 5.58. The predicted molar refractivity (Wildman–Crippen MR) is 63.4 cm³/mol. The van der Waals surface area contributed by atoms with Crippen LogP contribution in [-0.4, -0.2) is 16.3 Å². The molecular weight excluding hydrogens is 223 g/mol. The Balaban J connectivity index is 0.000000845. The van der Waals surface area contributed by atoms with E-state index in [1.54, 1.807) is 6.20 Å². The van der Waals surface area contributed by atoms with Gasteiger partial charge in [-0.25, -0.2) is 4.68 Å². The molecule has 2 heterocycles. The maximum absolute atomic E-state index is 5.70. The predicted octanol–water partition coefficient (Wildman–Crippen LogP) is 1.76. The van der Waals surface area contributed by atoms with Crippen molar-refractivity contribution in [2.24, 2.45) is 5.41 Å². The molecule has 1 aromatic rings. The number of aromatic nitrogens is 2. The van der Waals surface area contributed by atoms with Gasteiger partial charge in [0.2, 0.25) is 0 Å². The number of nitrogens with two attached hydrogens (primary N) is 1. The highest BCUT2D eigenvalue weighted by Crippen LogP contribution is 2.29. The van der Waals surface area contributed by atoms with Crippen molar-refractivity contribution in [2.45, 2.75) is 20.4 Å². The molecule has 0 saturated heterocycles. The van der Waals surface area contributed by atoms with E-state index in [9.17, 15) is 0 Å². The number of nitrogens with zero attached hydrogens (tertiary/aromatic N) is 2. The van der Waals surface area contributed by atoms with Gasteiger partial charge in [-0.1, -0.05) is 13.8 Å². The van der Waals surface area contributed by atoms with Gasteiger partial charge >= 0.3 is 0 Å². The van der Waals surface area contributed by atoms with Crippen molar-refractivity contribution in [3.05, 3.63) is 6.20 Å². The van der Waals surface area contributed by atoms with Crippen LogP contribution in [0.1, 0.15) is 13.8 Å². The van der Waals surface area contributed by atoms with Crippen LogP contribution < -0.4 is 11.1 Å². The van der Waals surface area contributed by atoms with Crippen molar-refractivity contribution in [3.8, 4) is 0 Å². The second kappa shape index (κ2) is 4.28. The number of hydrogen-bond donors (Lipinski definition) is 2. The summed E-state index contributed by atoms with van der Waals surface area (Å²) < 4.78 is 1.93. The van der Waals surface area contributed by atoms with Crippen LogP contribution in [0.2, 0.25) is 0 Å². The summed E-state index contributed by atoms with van der Waals surface area (Å²) in [4.78, 5) is 0. The molecule has 0 aromatic carbocycles. The second-order valence-corrected chi connectivity index (χ2v) is 4.12. The fraction of sp³-hybridized carbons (Fsp3) is 0.625. The van der Waals surface area contributed by atoms with Gasteiger partial charge in [0, 0.05) is 12.0 Å². The first-order valence-electron chi connectivity index (χ1n) is 4.14. The van der Waals surface area contributed by atoms with E-state index in [1.807, 2.05) is 4.68 Å². The molecule has 0 amide bonds. The monoisotopic (exact) mass is 238 g/mol. The minimum absolute atomic E-state index is 0. The average Bonchev–Trinajstić information content (AvgIpc) is 2.30. The molecule has 14 heavy (non-hydrogen) atoms. The number of rotatable bonds is 0. The fourth-order valence-corrected chi connectivity index (χ4v) is 1.50. The molecule has 0 radical (unpaired) electrons. The van der Waals surface area contributed by atoms with E-state index in [0.717, 1.165) is 24.6 Å². The maximum Gasteiger partial charge on any atom is 0.147 e. The van der Waals surface area contributed by atoms with Crippen LogP contribution in [0.5, 0.6) is 0 Å². The van der Waals surface area contributed by atoms with Crippen molar-refractivity contribution >= 4 is 36.3 Å². The van der Waals surface area contributed by atoms with Crippen molar-refractivity contribution in [3.63, 3.8) is 0 Å². The molecule has 6 heteroatoms. The molecule has 0 atom stereocenters. The third-order valence-electron chi connectivity index (χ3n) is 2.18. The summed E-state index contributed by atoms with van der Waals surface area (Å²) in [6, 6.07) is 0. The molecular formula is C8H16Cl2N4. The van der Waals surface area contributed by atoms with Crippen molar-refractivity contribution in [1.82, 2.24) is 9.78 Å². The third kappa shape index (κ3) is 2.25. The highest BCUT2D eigenvalue weighted by Gasteiger charge is 2.26. The largest absolute Gasteiger partial charge is 0.394 e. The lowest BCUT2D eigenvalue weighted by molar-refractivity contribution is 0.294. The van der Waals surface area contributed by atoms with E-state index in [1.165, 1.54) is 0 Å². The molecule has 1 aliphatic rings. The van der Waals surface area contributed by atoms with Gasteiger partial charge in [0.05, 0.1) is 18.4 Å². The van der Waals surface area contributed by atoms with Crippen LogP contribution >= 0.6 is 24.8 Å². The van der Waals surface area contributed by atoms with E-state index in [2.05, 4.69) is 24.3 Å². The normalized spacial score (nSPS) is 17.0. The number of hydrogen-bond acceptors (Lipinski definition) is 3. The van der Waals surface area contributed by atoms with Crippen LogP contribution in [0.4, 0.5) is 11.5 Å². The zero-order valence-electron chi connectivity index (χ0n) is 8.28. The number of nitrogen functional groups attached to an aromatic ring is 1. The lowest BCUT2D eigenvalue weighted by atomic mass is 9.92. The summed E-state index contributed by atoms with van der Waals surface area (Å²) in [7, 11) is 0. The van der Waals surface area contributed by atoms with Gasteiger partial charge < -0.3 is 11.1 Å². The molecule has 2 rings (SSSR count). The van der Waals surface area contributed by atoms with E-state index in [0.29, 0.717) is 0 Å². The summed E-state index contributed by atoms with van der Waals surface area (Å²) in [6.45, 7) is 6.32. The van der Waals surface area contributed by atoms with Crippen LogP contribution in [0, 0.1) is 5.41 Å². The Bertz CT molecular complexity index is 308. The van der Waals surface area contributed by atoms with E-state index in [4.69, 9.17) is 5.73 Å². The molecule has 0 saturated carbocycles. The Morgan fingerprint density at radius 3 is 2.79 bits per heavy atom. The average molecular weight is 239 g/mol. The Hall–Kier alpha value is -0.610. The summed E-state index contributed by atoms with van der Waals surface area (Å²) in [5.74, 6) is 0.967. The van der Waals surface area contributed by atoms with Gasteiger partial charge in [-0.05, 0) is 0 Å². The number of fused-ring (bicyclic) bond motifs is 1. The number of anilines is 2. The van der Waals surface area contributed by atoms with Crippen LogP contribution in [-0.2, 0) is 6.54 Å². The topological polar surface area (TPSA) is 55.9 Å². The molecule has 1 aliphatic heterocycles. The minimum atomic E-state index is 0. The summed E-state index contributed by atoms with van der Waals surface area (Å²) in [5, 5.41) is 7.46. The molecule has 4 nitrogen and oxygen atoms in total. The van der Waals surface area contributed by atoms with Gasteiger partial charge in [0.25, 0.3) is 0 Å². The number of halogens is 2. The van der Waals surface area contributed by atoms with Gasteiger partial charge in [-0.2, -0.15) is 5.10 Å². The lowest BCUT2D eigenvalue weighted by Crippen LogP contribution is -2.34. The maximum atomic E-state index is 5.70. The van der Waals surface area contributed by atoms with Crippen LogP contribution in [0.15, 0.2) is 6.20 Å². The van der Waals surface area contributed by atoms with Crippen molar-refractivity contribution < 1.29 is 0 Å². The second-order valence-electron chi connectivity index (χ2n) is 4.12. The Morgan fingerprint density at radius 1 is 1.50 bits per heavy atom. The van der Waals surface area contributed by atoms with Crippen molar-refractivity contribution in [2.75, 3.05) is 17.6 Å². The fourth-order valence-electron chi connectivity index (χ4n) is 1.50. The first-order valence-corrected chi connectivity index (χ1v) is 4.14. The molecule has 0 aliphatic carbocycles. The summed E-state index contributed by atoms with van der Waals surface area (Å²) >= 11 is 0. The lowest BCUT2D eigenvalue weighted by Gasteiger charge is -2.31. The molecule has 0 unspecified atom stereocenters. The van der Waals surface area contributed by atoms with E-state index in [-0.39, 0.29) is 30.2 Å². The first kappa shape index (κ1) is 13.4. The zero-order valence-corrected chi connectivity index (χ0v) is 9.91. The minimum Gasteiger partial charge on any atom is -0.394 e.